The largest absolute Gasteiger partial charge is 0.321 e. The molecule has 1 heterocycles. The molecule has 0 aliphatic rings. The minimum atomic E-state index is -0.418. The van der Waals surface area contributed by atoms with Gasteiger partial charge in [0.15, 0.2) is 0 Å². The molecular formula is C21H18ClN3O2. The second kappa shape index (κ2) is 8.01. The van der Waals surface area contributed by atoms with Gasteiger partial charge in [0, 0.05) is 16.4 Å². The molecule has 0 atom stereocenters. The topological polar surface area (TPSA) is 71.1 Å². The summed E-state index contributed by atoms with van der Waals surface area (Å²) in [5, 5.41) is 6.06. The molecule has 27 heavy (non-hydrogen) atoms. The van der Waals surface area contributed by atoms with E-state index in [4.69, 9.17) is 11.6 Å². The third kappa shape index (κ3) is 4.71. The maximum atomic E-state index is 12.5. The Balaban J connectivity index is 1.76. The molecule has 2 N–H and O–H groups in total. The average molecular weight is 380 g/mol. The van der Waals surface area contributed by atoms with Crippen LogP contribution in [0.2, 0.25) is 5.02 Å². The van der Waals surface area contributed by atoms with Crippen molar-refractivity contribution in [1.29, 1.82) is 0 Å². The van der Waals surface area contributed by atoms with Crippen molar-refractivity contribution in [2.45, 2.75) is 13.8 Å². The van der Waals surface area contributed by atoms with Crippen molar-refractivity contribution >= 4 is 34.8 Å². The van der Waals surface area contributed by atoms with Crippen LogP contribution in [0.15, 0.2) is 60.7 Å². The Labute approximate surface area is 162 Å². The first-order chi connectivity index (χ1) is 12.9. The number of pyridine rings is 1. The molecule has 136 valence electrons. The number of hydrogen-bond donors (Lipinski definition) is 2. The van der Waals surface area contributed by atoms with Gasteiger partial charge in [0.2, 0.25) is 0 Å². The Bertz CT molecular complexity index is 1020. The Kier molecular flexibility index (Phi) is 5.52. The third-order valence-electron chi connectivity index (χ3n) is 3.93. The SMILES string of the molecule is Cc1ccc(NC(=O)c2cccc(C(=O)Nc3cccc(Cl)c3)n2)c(C)c1. The fourth-order valence-electron chi connectivity index (χ4n) is 2.59. The number of rotatable bonds is 4. The molecule has 6 heteroatoms. The van der Waals surface area contributed by atoms with Crippen LogP contribution in [0.4, 0.5) is 11.4 Å². The van der Waals surface area contributed by atoms with Crippen molar-refractivity contribution in [3.63, 3.8) is 0 Å². The van der Waals surface area contributed by atoms with Gasteiger partial charge in [0.1, 0.15) is 11.4 Å². The lowest BCUT2D eigenvalue weighted by Crippen LogP contribution is -2.18. The van der Waals surface area contributed by atoms with Crippen LogP contribution >= 0.6 is 11.6 Å². The Morgan fingerprint density at radius 3 is 2.19 bits per heavy atom. The number of aryl methyl sites for hydroxylation is 2. The fraction of sp³-hybridized carbons (Fsp3) is 0.0952. The summed E-state index contributed by atoms with van der Waals surface area (Å²) >= 11 is 5.92. The highest BCUT2D eigenvalue weighted by atomic mass is 35.5. The van der Waals surface area contributed by atoms with Gasteiger partial charge in [-0.15, -0.1) is 0 Å². The van der Waals surface area contributed by atoms with Crippen molar-refractivity contribution in [2.24, 2.45) is 0 Å². The number of aromatic nitrogens is 1. The van der Waals surface area contributed by atoms with E-state index in [-0.39, 0.29) is 17.3 Å². The quantitative estimate of drug-likeness (QED) is 0.680. The molecule has 2 amide bonds. The molecule has 0 spiro atoms. The van der Waals surface area contributed by atoms with E-state index in [0.717, 1.165) is 11.1 Å². The van der Waals surface area contributed by atoms with Gasteiger partial charge in [0.25, 0.3) is 11.8 Å². The summed E-state index contributed by atoms with van der Waals surface area (Å²) in [5.74, 6) is -0.794. The zero-order valence-corrected chi connectivity index (χ0v) is 15.7. The van der Waals surface area contributed by atoms with Crippen LogP contribution < -0.4 is 10.6 Å². The summed E-state index contributed by atoms with van der Waals surface area (Å²) in [5.41, 5.74) is 3.64. The van der Waals surface area contributed by atoms with Crippen molar-refractivity contribution in [3.05, 3.63) is 88.2 Å². The van der Waals surface area contributed by atoms with Crippen LogP contribution in [0, 0.1) is 13.8 Å². The summed E-state index contributed by atoms with van der Waals surface area (Å²) in [6.45, 7) is 3.91. The van der Waals surface area contributed by atoms with Gasteiger partial charge < -0.3 is 10.6 Å². The molecule has 0 saturated heterocycles. The first-order valence-electron chi connectivity index (χ1n) is 8.35. The molecule has 1 aromatic heterocycles. The average Bonchev–Trinajstić information content (AvgIpc) is 2.64. The lowest BCUT2D eigenvalue weighted by atomic mass is 10.1. The van der Waals surface area contributed by atoms with E-state index in [1.54, 1.807) is 42.5 Å². The fourth-order valence-corrected chi connectivity index (χ4v) is 2.78. The summed E-state index contributed by atoms with van der Waals surface area (Å²) in [6, 6.07) is 17.3. The predicted octanol–water partition coefficient (Wildman–Crippen LogP) is 4.86. The second-order valence-electron chi connectivity index (χ2n) is 6.15. The van der Waals surface area contributed by atoms with Crippen LogP contribution in [0.3, 0.4) is 0 Å². The normalized spacial score (nSPS) is 10.3. The highest BCUT2D eigenvalue weighted by Crippen LogP contribution is 2.18. The lowest BCUT2D eigenvalue weighted by Gasteiger charge is -2.10. The molecule has 0 unspecified atom stereocenters. The number of nitrogens with zero attached hydrogens (tertiary/aromatic N) is 1. The standard InChI is InChI=1S/C21H18ClN3O2/c1-13-9-10-17(14(2)11-13)25-21(27)19-8-4-7-18(24-19)20(26)23-16-6-3-5-15(22)12-16/h3-12H,1-2H3,(H,23,26)(H,25,27). The third-order valence-corrected chi connectivity index (χ3v) is 4.16. The van der Waals surface area contributed by atoms with Crippen LogP contribution in [-0.2, 0) is 0 Å². The minimum Gasteiger partial charge on any atom is -0.321 e. The van der Waals surface area contributed by atoms with Crippen molar-refractivity contribution < 1.29 is 9.59 Å². The Hall–Kier alpha value is -3.18. The summed E-state index contributed by atoms with van der Waals surface area (Å²) in [6.07, 6.45) is 0. The number of carbonyl (C=O) groups is 2. The molecular weight excluding hydrogens is 362 g/mol. The van der Waals surface area contributed by atoms with Crippen LogP contribution in [0.5, 0.6) is 0 Å². The number of carbonyl (C=O) groups excluding carboxylic acids is 2. The van der Waals surface area contributed by atoms with E-state index in [2.05, 4.69) is 15.6 Å². The first kappa shape index (κ1) is 18.6. The monoisotopic (exact) mass is 379 g/mol. The maximum Gasteiger partial charge on any atom is 0.274 e. The van der Waals surface area contributed by atoms with E-state index in [1.165, 1.54) is 0 Å². The Morgan fingerprint density at radius 2 is 1.52 bits per heavy atom. The van der Waals surface area contributed by atoms with Gasteiger partial charge in [-0.05, 0) is 55.8 Å². The van der Waals surface area contributed by atoms with Gasteiger partial charge in [-0.25, -0.2) is 4.98 Å². The summed E-state index contributed by atoms with van der Waals surface area (Å²) in [7, 11) is 0. The van der Waals surface area contributed by atoms with Gasteiger partial charge in [-0.2, -0.15) is 0 Å². The van der Waals surface area contributed by atoms with E-state index >= 15 is 0 Å². The van der Waals surface area contributed by atoms with E-state index < -0.39 is 5.91 Å². The number of nitrogens with one attached hydrogen (secondary N) is 2. The Morgan fingerprint density at radius 1 is 0.852 bits per heavy atom. The molecule has 3 rings (SSSR count). The lowest BCUT2D eigenvalue weighted by molar-refractivity contribution is 0.101. The number of anilines is 2. The molecule has 2 aromatic carbocycles. The van der Waals surface area contributed by atoms with Crippen LogP contribution in [0.25, 0.3) is 0 Å². The summed E-state index contributed by atoms with van der Waals surface area (Å²) < 4.78 is 0. The molecule has 0 bridgehead atoms. The van der Waals surface area contributed by atoms with E-state index in [9.17, 15) is 9.59 Å². The molecule has 0 radical (unpaired) electrons. The summed E-state index contributed by atoms with van der Waals surface area (Å²) in [4.78, 5) is 29.1. The van der Waals surface area contributed by atoms with Gasteiger partial charge in [-0.3, -0.25) is 9.59 Å². The number of benzene rings is 2. The van der Waals surface area contributed by atoms with Crippen molar-refractivity contribution in [1.82, 2.24) is 4.98 Å². The molecule has 3 aromatic rings. The highest BCUT2D eigenvalue weighted by Gasteiger charge is 2.13. The second-order valence-corrected chi connectivity index (χ2v) is 6.58. The molecule has 0 fully saturated rings. The molecule has 0 aliphatic carbocycles. The zero-order chi connectivity index (χ0) is 19.4. The van der Waals surface area contributed by atoms with Gasteiger partial charge in [0.05, 0.1) is 0 Å². The number of halogens is 1. The van der Waals surface area contributed by atoms with E-state index in [1.807, 2.05) is 32.0 Å². The van der Waals surface area contributed by atoms with Crippen molar-refractivity contribution in [2.75, 3.05) is 10.6 Å². The zero-order valence-electron chi connectivity index (χ0n) is 14.9. The first-order valence-corrected chi connectivity index (χ1v) is 8.73. The highest BCUT2D eigenvalue weighted by molar-refractivity contribution is 6.31. The van der Waals surface area contributed by atoms with Crippen molar-refractivity contribution in [3.8, 4) is 0 Å². The molecule has 5 nitrogen and oxygen atoms in total. The van der Waals surface area contributed by atoms with E-state index in [0.29, 0.717) is 16.4 Å². The molecule has 0 saturated carbocycles. The van der Waals surface area contributed by atoms with Crippen LogP contribution in [0.1, 0.15) is 32.1 Å². The molecule has 0 aliphatic heterocycles. The number of hydrogen-bond acceptors (Lipinski definition) is 3. The van der Waals surface area contributed by atoms with Crippen LogP contribution in [-0.4, -0.2) is 16.8 Å². The van der Waals surface area contributed by atoms with Gasteiger partial charge >= 0.3 is 0 Å². The maximum absolute atomic E-state index is 12.5. The number of amides is 2. The smallest absolute Gasteiger partial charge is 0.274 e. The minimum absolute atomic E-state index is 0.142. The predicted molar refractivity (Wildman–Crippen MR) is 108 cm³/mol. The van der Waals surface area contributed by atoms with Gasteiger partial charge in [-0.1, -0.05) is 41.4 Å².